The van der Waals surface area contributed by atoms with Crippen molar-refractivity contribution in [3.05, 3.63) is 59.2 Å². The molecule has 1 aliphatic carbocycles. The normalized spacial score (nSPS) is 22.8. The average Bonchev–Trinajstić information content (AvgIpc) is 3.20. The number of urea groups is 1. The van der Waals surface area contributed by atoms with Crippen LogP contribution in [0.15, 0.2) is 42.5 Å². The Bertz CT molecular complexity index is 1660. The average molecular weight is 621 g/mol. The van der Waals surface area contributed by atoms with E-state index in [4.69, 9.17) is 4.74 Å². The van der Waals surface area contributed by atoms with Crippen molar-refractivity contribution < 1.29 is 22.7 Å². The molecule has 3 aromatic rings. The molecule has 0 radical (unpaired) electrons. The summed E-state index contributed by atoms with van der Waals surface area (Å²) in [6.07, 6.45) is 6.48. The van der Waals surface area contributed by atoms with Crippen molar-refractivity contribution in [3.8, 4) is 11.3 Å². The molecule has 2 aliphatic heterocycles. The van der Waals surface area contributed by atoms with Gasteiger partial charge in [-0.25, -0.2) is 17.5 Å². The molecule has 3 atom stereocenters. The van der Waals surface area contributed by atoms with Crippen LogP contribution < -0.4 is 5.32 Å². The van der Waals surface area contributed by atoms with E-state index in [1.807, 2.05) is 30.9 Å². The molecular weight excluding hydrogens is 576 g/mol. The summed E-state index contributed by atoms with van der Waals surface area (Å²) < 4.78 is 34.4. The fourth-order valence-electron chi connectivity index (χ4n) is 7.40. The lowest BCUT2D eigenvalue weighted by molar-refractivity contribution is -0.0548. The number of ketones is 1. The molecule has 2 aromatic carbocycles. The molecule has 44 heavy (non-hydrogen) atoms. The highest BCUT2D eigenvalue weighted by molar-refractivity contribution is 7.89. The first-order valence-corrected chi connectivity index (χ1v) is 17.5. The molecule has 1 aromatic heterocycles. The van der Waals surface area contributed by atoms with E-state index in [1.165, 1.54) is 50.2 Å². The predicted octanol–water partition coefficient (Wildman–Crippen LogP) is 5.17. The second-order valence-electron chi connectivity index (χ2n) is 13.1. The maximum atomic E-state index is 13.6. The smallest absolute Gasteiger partial charge is 0.317 e. The number of carbonyl (C=O) groups is 2. The van der Waals surface area contributed by atoms with Crippen LogP contribution in [0.1, 0.15) is 73.4 Å². The summed E-state index contributed by atoms with van der Waals surface area (Å²) in [5, 5.41) is 4.45. The highest BCUT2D eigenvalue weighted by Gasteiger charge is 2.33. The van der Waals surface area contributed by atoms with E-state index in [0.717, 1.165) is 33.6 Å². The number of carbonyl (C=O) groups excluding carboxylic acids is 2. The molecule has 1 saturated carbocycles. The molecular formula is C34H44N4O5S. The van der Waals surface area contributed by atoms with Gasteiger partial charge in [0.1, 0.15) is 5.75 Å². The molecule has 3 heterocycles. The van der Waals surface area contributed by atoms with Gasteiger partial charge in [0.05, 0.1) is 23.9 Å². The first kappa shape index (κ1) is 30.8. The van der Waals surface area contributed by atoms with E-state index >= 15 is 0 Å². The summed E-state index contributed by atoms with van der Waals surface area (Å²) in [6.45, 7) is 5.62. The van der Waals surface area contributed by atoms with Gasteiger partial charge in [0, 0.05) is 55.8 Å². The summed E-state index contributed by atoms with van der Waals surface area (Å²) in [6, 6.07) is 13.9. The minimum Gasteiger partial charge on any atom is -0.372 e. The number of nitrogens with zero attached hydrogens (tertiary/aromatic N) is 3. The Morgan fingerprint density at radius 1 is 0.977 bits per heavy atom. The Morgan fingerprint density at radius 2 is 1.68 bits per heavy atom. The number of morpholine rings is 1. The third kappa shape index (κ3) is 6.04. The number of benzene rings is 2. The zero-order valence-corrected chi connectivity index (χ0v) is 27.0. The van der Waals surface area contributed by atoms with Gasteiger partial charge in [0.25, 0.3) is 0 Å². The third-order valence-electron chi connectivity index (χ3n) is 9.49. The number of hydrogen-bond donors (Lipinski definition) is 1. The van der Waals surface area contributed by atoms with E-state index < -0.39 is 21.6 Å². The molecule has 1 unspecified atom stereocenters. The Kier molecular flexibility index (Phi) is 8.60. The van der Waals surface area contributed by atoms with Gasteiger partial charge < -0.3 is 19.5 Å². The van der Waals surface area contributed by atoms with Crippen molar-refractivity contribution in [2.75, 3.05) is 32.9 Å². The summed E-state index contributed by atoms with van der Waals surface area (Å²) >= 11 is 0. The lowest BCUT2D eigenvalue weighted by atomic mass is 9.81. The zero-order valence-electron chi connectivity index (χ0n) is 26.2. The number of sulfonamides is 1. The van der Waals surface area contributed by atoms with Crippen molar-refractivity contribution in [1.29, 1.82) is 0 Å². The van der Waals surface area contributed by atoms with E-state index in [1.54, 1.807) is 6.07 Å². The molecule has 6 rings (SSSR count). The number of nitrogens with one attached hydrogen (secondary N) is 1. The largest absolute Gasteiger partial charge is 0.372 e. The van der Waals surface area contributed by atoms with Crippen molar-refractivity contribution in [3.63, 3.8) is 0 Å². The first-order chi connectivity index (χ1) is 21.0. The number of Topliss-reactive ketones (excluding diaryl/α,β-unsaturated/α-hetero) is 1. The van der Waals surface area contributed by atoms with Crippen LogP contribution in [0.4, 0.5) is 4.79 Å². The van der Waals surface area contributed by atoms with Crippen molar-refractivity contribution >= 4 is 32.7 Å². The number of rotatable bonds is 6. The van der Waals surface area contributed by atoms with E-state index in [2.05, 4.69) is 34.1 Å². The number of ether oxygens (including phenoxy) is 1. The molecule has 2 amide bonds. The second kappa shape index (κ2) is 12.3. The van der Waals surface area contributed by atoms with Gasteiger partial charge in [0.2, 0.25) is 10.0 Å². The van der Waals surface area contributed by atoms with Gasteiger partial charge in [-0.3, -0.25) is 4.79 Å². The quantitative estimate of drug-likeness (QED) is 0.383. The van der Waals surface area contributed by atoms with Gasteiger partial charge in [-0.1, -0.05) is 55.7 Å². The zero-order chi connectivity index (χ0) is 31.2. The Balaban J connectivity index is 1.45. The summed E-state index contributed by atoms with van der Waals surface area (Å²) in [5.41, 5.74) is 6.13. The Morgan fingerprint density at radius 3 is 2.39 bits per heavy atom. The van der Waals surface area contributed by atoms with Gasteiger partial charge in [-0.2, -0.15) is 0 Å². The SMILES string of the molecule is C[C@@H]1CN(C(=O)NC2Cc3ccccc3-c3c(C4CCCCC4)c4ccc(C(=O)CS(=O)(=O)N(C)C)cc4n3C2)C[C@H](C)O1. The molecule has 9 nitrogen and oxygen atoms in total. The molecule has 10 heteroatoms. The molecule has 1 N–H and O–H groups in total. The van der Waals surface area contributed by atoms with E-state index in [-0.39, 0.29) is 24.3 Å². The molecule has 3 aliphatic rings. The van der Waals surface area contributed by atoms with Gasteiger partial charge >= 0.3 is 6.03 Å². The van der Waals surface area contributed by atoms with Crippen LogP contribution in [0, 0.1) is 0 Å². The number of amides is 2. The van der Waals surface area contributed by atoms with Crippen LogP contribution >= 0.6 is 0 Å². The maximum Gasteiger partial charge on any atom is 0.317 e. The van der Waals surface area contributed by atoms with Crippen LogP contribution in [0.5, 0.6) is 0 Å². The van der Waals surface area contributed by atoms with E-state index in [9.17, 15) is 18.0 Å². The van der Waals surface area contributed by atoms with Gasteiger partial charge in [-0.05, 0) is 56.2 Å². The second-order valence-corrected chi connectivity index (χ2v) is 15.3. The Hall–Kier alpha value is -3.21. The van der Waals surface area contributed by atoms with Crippen molar-refractivity contribution in [2.45, 2.75) is 83.1 Å². The Labute approximate surface area is 260 Å². The summed E-state index contributed by atoms with van der Waals surface area (Å²) in [4.78, 5) is 28.7. The molecule has 0 spiro atoms. The van der Waals surface area contributed by atoms with Crippen LogP contribution in [0.25, 0.3) is 22.2 Å². The molecule has 1 saturated heterocycles. The van der Waals surface area contributed by atoms with Crippen molar-refractivity contribution in [1.82, 2.24) is 19.1 Å². The number of hydrogen-bond acceptors (Lipinski definition) is 5. The first-order valence-electron chi connectivity index (χ1n) is 15.9. The standard InChI is InChI=1S/C34H44N4O5S/c1-22-18-37(19-23(2)43-22)34(40)35-27-16-25-12-8-9-13-28(25)33-32(24-10-6-5-7-11-24)29-15-14-26(17-30(29)38(33)20-27)31(39)21-44(41,42)36(3)4/h8-9,12-15,17,22-24,27H,5-7,10-11,16,18-21H2,1-4H3,(H,35,40)/t22-,23+,27?. The van der Waals surface area contributed by atoms with Crippen LogP contribution in [-0.4, -0.2) is 85.2 Å². The van der Waals surface area contributed by atoms with E-state index in [0.29, 0.717) is 37.5 Å². The molecule has 0 bridgehead atoms. The highest BCUT2D eigenvalue weighted by atomic mass is 32.2. The fraction of sp³-hybridized carbons (Fsp3) is 0.529. The van der Waals surface area contributed by atoms with Gasteiger partial charge in [0.15, 0.2) is 5.78 Å². The van der Waals surface area contributed by atoms with Crippen LogP contribution in [0.2, 0.25) is 0 Å². The molecule has 236 valence electrons. The third-order valence-corrected chi connectivity index (χ3v) is 11.2. The lowest BCUT2D eigenvalue weighted by Gasteiger charge is -2.36. The summed E-state index contributed by atoms with van der Waals surface area (Å²) in [7, 11) is -0.811. The topological polar surface area (TPSA) is 101 Å². The monoisotopic (exact) mass is 620 g/mol. The minimum absolute atomic E-state index is 0.0234. The predicted molar refractivity (Wildman–Crippen MR) is 173 cm³/mol. The van der Waals surface area contributed by atoms with Gasteiger partial charge in [-0.15, -0.1) is 0 Å². The summed E-state index contributed by atoms with van der Waals surface area (Å²) in [5.74, 6) is -0.606. The van der Waals surface area contributed by atoms with Crippen molar-refractivity contribution in [2.24, 2.45) is 0 Å². The molecule has 2 fully saturated rings. The lowest BCUT2D eigenvalue weighted by Crippen LogP contribution is -2.54. The number of fused-ring (bicyclic) bond motifs is 5. The van der Waals surface area contributed by atoms with Crippen LogP contribution in [0.3, 0.4) is 0 Å². The fourth-order valence-corrected chi connectivity index (χ4v) is 8.15. The highest BCUT2D eigenvalue weighted by Crippen LogP contribution is 2.46. The number of aromatic nitrogens is 1. The van der Waals surface area contributed by atoms with Crippen LogP contribution in [-0.2, 0) is 27.7 Å². The maximum absolute atomic E-state index is 13.6. The minimum atomic E-state index is -3.70.